The first-order valence-corrected chi connectivity index (χ1v) is 14.7. The Morgan fingerprint density at radius 3 is 2.49 bits per heavy atom. The second-order valence-corrected chi connectivity index (χ2v) is 11.8. The van der Waals surface area contributed by atoms with Gasteiger partial charge in [0.1, 0.15) is 17.3 Å². The lowest BCUT2D eigenvalue weighted by Gasteiger charge is -2.36. The number of nitrogens with one attached hydrogen (secondary N) is 1. The van der Waals surface area contributed by atoms with Crippen molar-refractivity contribution in [1.82, 2.24) is 24.9 Å². The quantitative estimate of drug-likeness (QED) is 0.266. The van der Waals surface area contributed by atoms with Crippen LogP contribution in [0.2, 0.25) is 0 Å². The lowest BCUT2D eigenvalue weighted by atomic mass is 9.82. The number of imide groups is 1. The summed E-state index contributed by atoms with van der Waals surface area (Å²) in [6, 6.07) is 11.6. The smallest absolute Gasteiger partial charge is 0.253 e. The highest BCUT2D eigenvalue weighted by Gasteiger charge is 2.43. The molecule has 0 saturated carbocycles. The van der Waals surface area contributed by atoms with Gasteiger partial charge in [-0.1, -0.05) is 50.3 Å². The van der Waals surface area contributed by atoms with Crippen molar-refractivity contribution in [1.29, 1.82) is 0 Å². The highest BCUT2D eigenvalue weighted by atomic mass is 19.1. The van der Waals surface area contributed by atoms with Gasteiger partial charge >= 0.3 is 0 Å². The first kappa shape index (κ1) is 31.7. The molecule has 2 aliphatic rings. The van der Waals surface area contributed by atoms with Crippen LogP contribution in [0.25, 0.3) is 5.69 Å². The van der Waals surface area contributed by atoms with Gasteiger partial charge in [-0.05, 0) is 24.1 Å². The van der Waals surface area contributed by atoms with Gasteiger partial charge in [0.25, 0.3) is 11.8 Å². The molecule has 0 bridgehead atoms. The van der Waals surface area contributed by atoms with Crippen LogP contribution in [0.3, 0.4) is 0 Å². The maximum absolute atomic E-state index is 14.9. The minimum Gasteiger partial charge on any atom is -0.390 e. The number of carbonyl (C=O) groups is 3. The molecule has 2 atom stereocenters. The van der Waals surface area contributed by atoms with Crippen molar-refractivity contribution in [2.75, 3.05) is 26.2 Å². The predicted molar refractivity (Wildman–Crippen MR) is 163 cm³/mol. The third-order valence-corrected chi connectivity index (χ3v) is 8.11. The third-order valence-electron chi connectivity index (χ3n) is 8.11. The normalized spacial score (nSPS) is 18.1. The predicted octanol–water partition coefficient (Wildman–Crippen LogP) is 2.76. The summed E-state index contributed by atoms with van der Waals surface area (Å²) in [7, 11) is 0. The number of hydrogen-bond acceptors (Lipinski definition) is 7. The number of rotatable bonds is 12. The monoisotopic (exact) mass is 618 g/mol. The van der Waals surface area contributed by atoms with E-state index in [4.69, 9.17) is 10.8 Å². The third kappa shape index (κ3) is 6.86. The Morgan fingerprint density at radius 1 is 1.09 bits per heavy atom. The van der Waals surface area contributed by atoms with Crippen LogP contribution in [-0.4, -0.2) is 74.7 Å². The van der Waals surface area contributed by atoms with E-state index in [0.717, 1.165) is 34.2 Å². The minimum atomic E-state index is -0.917. The first-order chi connectivity index (χ1) is 21.5. The molecule has 0 radical (unpaired) electrons. The average molecular weight is 619 g/mol. The number of aliphatic hydroxyl groups excluding tert-OH is 1. The van der Waals surface area contributed by atoms with Crippen molar-refractivity contribution in [2.24, 2.45) is 11.1 Å². The first-order valence-electron chi connectivity index (χ1n) is 14.7. The molecule has 0 saturated heterocycles. The zero-order chi connectivity index (χ0) is 32.3. The van der Waals surface area contributed by atoms with Crippen molar-refractivity contribution < 1.29 is 28.3 Å². The van der Waals surface area contributed by atoms with Gasteiger partial charge in [0.2, 0.25) is 5.91 Å². The minimum absolute atomic E-state index is 0.0277. The fraction of sp³-hybridized carbons (Fsp3) is 0.333. The van der Waals surface area contributed by atoms with Crippen molar-refractivity contribution in [2.45, 2.75) is 38.8 Å². The molecule has 12 heteroatoms. The lowest BCUT2D eigenvalue weighted by Crippen LogP contribution is -2.46. The Bertz CT molecular complexity index is 1630. The molecule has 2 aromatic carbocycles. The summed E-state index contributed by atoms with van der Waals surface area (Å²) in [5.41, 5.74) is 8.73. The van der Waals surface area contributed by atoms with Crippen LogP contribution in [0, 0.1) is 17.0 Å². The van der Waals surface area contributed by atoms with Crippen LogP contribution in [-0.2, 0) is 20.8 Å². The Hall–Kier alpha value is -4.68. The van der Waals surface area contributed by atoms with E-state index in [9.17, 15) is 28.3 Å². The molecular formula is C33H36F2N6O4. The second kappa shape index (κ2) is 13.1. The number of carbonyl (C=O) groups excluding carboxylic acids is 3. The summed E-state index contributed by atoms with van der Waals surface area (Å²) >= 11 is 0. The summed E-state index contributed by atoms with van der Waals surface area (Å²) in [6.45, 7) is 4.12. The van der Waals surface area contributed by atoms with Crippen LogP contribution in [0.4, 0.5) is 8.78 Å². The van der Waals surface area contributed by atoms with E-state index in [1.807, 2.05) is 55.2 Å². The molecule has 0 fully saturated rings. The van der Waals surface area contributed by atoms with E-state index >= 15 is 0 Å². The number of nitrogens with two attached hydrogens (primary N) is 1. The summed E-state index contributed by atoms with van der Waals surface area (Å²) in [5.74, 6) is -2.53. The van der Waals surface area contributed by atoms with Crippen LogP contribution in [0.15, 0.2) is 78.7 Å². The summed E-state index contributed by atoms with van der Waals surface area (Å²) in [4.78, 5) is 39.3. The Morgan fingerprint density at radius 2 is 1.80 bits per heavy atom. The lowest BCUT2D eigenvalue weighted by molar-refractivity contribution is -0.137. The van der Waals surface area contributed by atoms with Crippen molar-refractivity contribution in [3.05, 3.63) is 107 Å². The fourth-order valence-electron chi connectivity index (χ4n) is 5.94. The average Bonchev–Trinajstić information content (AvgIpc) is 3.65. The summed E-state index contributed by atoms with van der Waals surface area (Å²) in [5, 5.41) is 17.8. The number of hydrogen-bond donors (Lipinski definition) is 3. The molecule has 3 heterocycles. The Balaban J connectivity index is 1.38. The van der Waals surface area contributed by atoms with Gasteiger partial charge in [0.15, 0.2) is 0 Å². The Kier molecular flexibility index (Phi) is 9.26. The summed E-state index contributed by atoms with van der Waals surface area (Å²) < 4.78 is 30.4. The highest BCUT2D eigenvalue weighted by molar-refractivity contribution is 6.12. The van der Waals surface area contributed by atoms with Crippen molar-refractivity contribution in [3.8, 4) is 5.69 Å². The van der Waals surface area contributed by atoms with Gasteiger partial charge in [0.05, 0.1) is 24.4 Å². The van der Waals surface area contributed by atoms with Gasteiger partial charge in [-0.3, -0.25) is 19.3 Å². The Labute approximate surface area is 259 Å². The molecule has 10 nitrogen and oxygen atoms in total. The molecule has 236 valence electrons. The summed E-state index contributed by atoms with van der Waals surface area (Å²) in [6.07, 6.45) is 6.71. The molecule has 2 unspecified atom stereocenters. The maximum Gasteiger partial charge on any atom is 0.253 e. The van der Waals surface area contributed by atoms with E-state index in [-0.39, 0.29) is 38.3 Å². The van der Waals surface area contributed by atoms with Crippen LogP contribution in [0.5, 0.6) is 0 Å². The van der Waals surface area contributed by atoms with Crippen LogP contribution in [0.1, 0.15) is 43.1 Å². The van der Waals surface area contributed by atoms with Gasteiger partial charge in [-0.25, -0.2) is 13.5 Å². The number of halogens is 2. The van der Waals surface area contributed by atoms with Gasteiger partial charge in [-0.2, -0.15) is 5.10 Å². The molecule has 2 aliphatic heterocycles. The molecule has 4 N–H and O–H groups in total. The molecule has 45 heavy (non-hydrogen) atoms. The standard InChI is InChI=1S/C33H36F2N6O4/c1-33(2)18-24(20-42)39(14-12-26(36)32(45)37-13-15-40-28(43)10-11-29(40)44)31(33)30-22(16-21-6-4-3-5-7-21)19-41(38-30)27-17-23(34)8-9-25(27)35/h3-11,17-19,26,31,42H,12-16,20,36H2,1-2H3,(H,37,45). The molecule has 1 aromatic heterocycles. The van der Waals surface area contributed by atoms with Crippen molar-refractivity contribution in [3.63, 3.8) is 0 Å². The largest absolute Gasteiger partial charge is 0.390 e. The number of nitrogens with zero attached hydrogens (tertiary/aromatic N) is 4. The highest BCUT2D eigenvalue weighted by Crippen LogP contribution is 2.48. The van der Waals surface area contributed by atoms with E-state index < -0.39 is 46.9 Å². The van der Waals surface area contributed by atoms with Gasteiger partial charge < -0.3 is 21.1 Å². The van der Waals surface area contributed by atoms with E-state index in [1.54, 1.807) is 6.20 Å². The maximum atomic E-state index is 14.9. The zero-order valence-corrected chi connectivity index (χ0v) is 25.1. The van der Waals surface area contributed by atoms with E-state index in [1.165, 1.54) is 16.8 Å². The molecule has 0 spiro atoms. The second-order valence-electron chi connectivity index (χ2n) is 11.8. The van der Waals surface area contributed by atoms with Gasteiger partial charge in [-0.15, -0.1) is 0 Å². The topological polar surface area (TPSA) is 134 Å². The van der Waals surface area contributed by atoms with Crippen LogP contribution >= 0.6 is 0 Å². The number of amides is 3. The molecule has 3 amide bonds. The van der Waals surface area contributed by atoms with Gasteiger partial charge in [0, 0.05) is 67.1 Å². The SMILES string of the molecule is CC1(C)C=C(CO)N(CCC(N)C(=O)NCCN2C(=O)C=CC2=O)C1c1nn(-c2cc(F)ccc2F)cc1Cc1ccccc1. The van der Waals surface area contributed by atoms with Crippen molar-refractivity contribution >= 4 is 17.7 Å². The molecular weight excluding hydrogens is 582 g/mol. The number of aromatic nitrogens is 2. The van der Waals surface area contributed by atoms with Crippen LogP contribution < -0.4 is 11.1 Å². The molecule has 3 aromatic rings. The fourth-order valence-corrected chi connectivity index (χ4v) is 5.94. The van der Waals surface area contributed by atoms with E-state index in [2.05, 4.69) is 5.32 Å². The number of aliphatic hydroxyl groups is 1. The molecule has 0 aliphatic carbocycles. The number of benzene rings is 2. The van der Waals surface area contributed by atoms with E-state index in [0.29, 0.717) is 17.8 Å². The zero-order valence-electron chi connectivity index (χ0n) is 25.1. The molecule has 5 rings (SSSR count).